The summed E-state index contributed by atoms with van der Waals surface area (Å²) in [6, 6.07) is 12.1. The van der Waals surface area contributed by atoms with Gasteiger partial charge in [-0.2, -0.15) is 13.2 Å². The van der Waals surface area contributed by atoms with Crippen molar-refractivity contribution in [1.29, 1.82) is 0 Å². The van der Waals surface area contributed by atoms with Gasteiger partial charge in [0.25, 0.3) is 0 Å². The van der Waals surface area contributed by atoms with Gasteiger partial charge in [-0.15, -0.1) is 11.3 Å². The molecule has 0 aliphatic carbocycles. The largest absolute Gasteiger partial charge is 0.493 e. The van der Waals surface area contributed by atoms with E-state index >= 15 is 0 Å². The number of alkyl halides is 3. The molecule has 0 unspecified atom stereocenters. The van der Waals surface area contributed by atoms with Gasteiger partial charge in [-0.1, -0.05) is 24.3 Å². The third-order valence-corrected chi connectivity index (χ3v) is 9.08. The lowest BCUT2D eigenvalue weighted by atomic mass is 9.87. The first-order chi connectivity index (χ1) is 18.7. The van der Waals surface area contributed by atoms with E-state index in [0.717, 1.165) is 35.1 Å². The summed E-state index contributed by atoms with van der Waals surface area (Å²) in [5.74, 6) is 0.517. The third kappa shape index (κ3) is 7.93. The summed E-state index contributed by atoms with van der Waals surface area (Å²) >= 11 is 1.27. The van der Waals surface area contributed by atoms with Crippen molar-refractivity contribution in [3.05, 3.63) is 81.5 Å². The number of carbonyl (C=O) groups excluding carboxylic acids is 1. The van der Waals surface area contributed by atoms with Gasteiger partial charge in [0.2, 0.25) is 10.0 Å². The summed E-state index contributed by atoms with van der Waals surface area (Å²) in [6.07, 6.45) is -3.96. The van der Waals surface area contributed by atoms with Gasteiger partial charge in [-0.05, 0) is 79.9 Å². The Morgan fingerprint density at radius 3 is 2.55 bits per heavy atom. The normalized spacial score (nSPS) is 16.7. The Bertz CT molecular complexity index is 1430. The molecule has 11 heteroatoms. The summed E-state index contributed by atoms with van der Waals surface area (Å²) in [4.78, 5) is 13.4. The number of Topliss-reactive ketones (excluding diaryl/α,β-unsaturated/α-hetero) is 1. The molecule has 2 N–H and O–H groups in total. The Morgan fingerprint density at radius 1 is 1.10 bits per heavy atom. The lowest BCUT2D eigenvalue weighted by molar-refractivity contribution is -0.137. The van der Waals surface area contributed by atoms with Gasteiger partial charge in [-0.3, -0.25) is 4.79 Å². The number of thiophene rings is 1. The SMILES string of the molecule is CC(C)(C)NCc1ccc2c(c1)OCC[C@H]2CC(=O)C[C@@H](NS(=O)(=O)c1cccc(C(F)(F)F)c1)c1cccs1. The van der Waals surface area contributed by atoms with Gasteiger partial charge < -0.3 is 10.1 Å². The van der Waals surface area contributed by atoms with Crippen molar-refractivity contribution in [2.45, 2.75) is 75.1 Å². The number of sulfonamides is 1. The molecule has 0 amide bonds. The second-order valence-electron chi connectivity index (χ2n) is 11.0. The Labute approximate surface area is 237 Å². The van der Waals surface area contributed by atoms with Crippen LogP contribution in [0, 0.1) is 0 Å². The molecule has 40 heavy (non-hydrogen) atoms. The van der Waals surface area contributed by atoms with Gasteiger partial charge in [0.05, 0.1) is 23.1 Å². The average Bonchev–Trinajstić information content (AvgIpc) is 3.41. The Balaban J connectivity index is 1.48. The first kappa shape index (κ1) is 30.2. The van der Waals surface area contributed by atoms with E-state index in [-0.39, 0.29) is 30.1 Å². The van der Waals surface area contributed by atoms with Crippen molar-refractivity contribution in [3.63, 3.8) is 0 Å². The number of nitrogens with one attached hydrogen (secondary N) is 2. The average molecular weight is 595 g/mol. The molecule has 4 rings (SSSR count). The molecule has 0 saturated carbocycles. The van der Waals surface area contributed by atoms with Crippen LogP contribution in [0.4, 0.5) is 13.2 Å². The van der Waals surface area contributed by atoms with Gasteiger partial charge in [0.15, 0.2) is 0 Å². The summed E-state index contributed by atoms with van der Waals surface area (Å²) < 4.78 is 74.1. The fraction of sp³-hybridized carbons (Fsp3) is 0.414. The fourth-order valence-corrected chi connectivity index (χ4v) is 6.68. The van der Waals surface area contributed by atoms with Crippen LogP contribution in [0.1, 0.15) is 73.6 Å². The van der Waals surface area contributed by atoms with Crippen LogP contribution < -0.4 is 14.8 Å². The zero-order valence-corrected chi connectivity index (χ0v) is 24.2. The highest BCUT2D eigenvalue weighted by Crippen LogP contribution is 2.38. The van der Waals surface area contributed by atoms with E-state index in [0.29, 0.717) is 30.5 Å². The van der Waals surface area contributed by atoms with E-state index in [1.807, 2.05) is 18.2 Å². The Kier molecular flexibility index (Phi) is 9.08. The van der Waals surface area contributed by atoms with Crippen LogP contribution >= 0.6 is 11.3 Å². The summed E-state index contributed by atoms with van der Waals surface area (Å²) in [7, 11) is -4.34. The number of fused-ring (bicyclic) bond motifs is 1. The van der Waals surface area contributed by atoms with Crippen LogP contribution in [0.25, 0.3) is 0 Å². The van der Waals surface area contributed by atoms with Crippen molar-refractivity contribution in [3.8, 4) is 5.75 Å². The van der Waals surface area contributed by atoms with Crippen LogP contribution in [0.5, 0.6) is 5.75 Å². The highest BCUT2D eigenvalue weighted by atomic mass is 32.2. The summed E-state index contributed by atoms with van der Waals surface area (Å²) in [6.45, 7) is 7.42. The molecule has 2 atom stereocenters. The van der Waals surface area contributed by atoms with Crippen LogP contribution in [0.3, 0.4) is 0 Å². The van der Waals surface area contributed by atoms with Gasteiger partial charge in [0, 0.05) is 29.8 Å². The number of halogens is 3. The Morgan fingerprint density at radius 2 is 1.88 bits per heavy atom. The van der Waals surface area contributed by atoms with Crippen LogP contribution in [0.2, 0.25) is 0 Å². The maximum atomic E-state index is 13.3. The second-order valence-corrected chi connectivity index (χ2v) is 13.7. The van der Waals surface area contributed by atoms with E-state index in [1.54, 1.807) is 17.5 Å². The standard InChI is InChI=1S/C29H33F3N2O4S2/c1-28(2,3)33-18-19-9-10-24-20(11-12-38-26(24)14-19)15-22(35)17-25(27-8-5-13-39-27)34-40(36,37)23-7-4-6-21(16-23)29(30,31)32/h4-10,13-14,16,20,25,33-34H,11-12,15,17-18H2,1-3H3/t20-,25+/m0/s1. The van der Waals surface area contributed by atoms with Gasteiger partial charge in [0.1, 0.15) is 11.5 Å². The predicted octanol–water partition coefficient (Wildman–Crippen LogP) is 6.59. The van der Waals surface area contributed by atoms with Gasteiger partial charge >= 0.3 is 6.18 Å². The fourth-order valence-electron chi connectivity index (χ4n) is 4.57. The molecule has 6 nitrogen and oxygen atoms in total. The first-order valence-corrected chi connectivity index (χ1v) is 15.3. The number of carbonyl (C=O) groups is 1. The maximum Gasteiger partial charge on any atom is 0.416 e. The number of rotatable bonds is 10. The van der Waals surface area contributed by atoms with E-state index in [2.05, 4.69) is 30.8 Å². The Hall–Kier alpha value is -2.73. The molecule has 2 aromatic carbocycles. The van der Waals surface area contributed by atoms with E-state index < -0.39 is 32.7 Å². The maximum absolute atomic E-state index is 13.3. The lowest BCUT2D eigenvalue weighted by Gasteiger charge is -2.27. The van der Waals surface area contributed by atoms with E-state index in [9.17, 15) is 26.4 Å². The zero-order chi connectivity index (χ0) is 29.1. The van der Waals surface area contributed by atoms with Crippen LogP contribution in [-0.2, 0) is 27.5 Å². The van der Waals surface area contributed by atoms with Crippen molar-refractivity contribution in [1.82, 2.24) is 10.0 Å². The monoisotopic (exact) mass is 594 g/mol. The van der Waals surface area contributed by atoms with Crippen molar-refractivity contribution >= 4 is 27.1 Å². The first-order valence-electron chi connectivity index (χ1n) is 13.0. The molecule has 3 aromatic rings. The van der Waals surface area contributed by atoms with Crippen LogP contribution in [-0.4, -0.2) is 26.3 Å². The summed E-state index contributed by atoms with van der Waals surface area (Å²) in [5.41, 5.74) is 0.918. The highest BCUT2D eigenvalue weighted by molar-refractivity contribution is 7.89. The lowest BCUT2D eigenvalue weighted by Crippen LogP contribution is -2.35. The zero-order valence-electron chi connectivity index (χ0n) is 22.5. The molecule has 216 valence electrons. The molecular formula is C29H33F3N2O4S2. The molecule has 0 radical (unpaired) electrons. The number of ketones is 1. The molecule has 0 fully saturated rings. The third-order valence-electron chi connectivity index (χ3n) is 6.63. The molecule has 1 aliphatic heterocycles. The molecular weight excluding hydrogens is 561 g/mol. The summed E-state index contributed by atoms with van der Waals surface area (Å²) in [5, 5.41) is 5.20. The number of hydrogen-bond acceptors (Lipinski definition) is 6. The molecule has 1 aromatic heterocycles. The van der Waals surface area contributed by atoms with Crippen molar-refractivity contribution in [2.75, 3.05) is 6.61 Å². The minimum absolute atomic E-state index is 0.0343. The number of ether oxygens (including phenoxy) is 1. The second kappa shape index (κ2) is 12.0. The quantitative estimate of drug-likeness (QED) is 0.277. The predicted molar refractivity (Wildman–Crippen MR) is 149 cm³/mol. The van der Waals surface area contributed by atoms with E-state index in [1.165, 1.54) is 11.3 Å². The molecule has 0 spiro atoms. The number of hydrogen-bond donors (Lipinski definition) is 2. The minimum atomic E-state index is -4.68. The molecule has 2 heterocycles. The van der Waals surface area contributed by atoms with Crippen LogP contribution in [0.15, 0.2) is 64.9 Å². The minimum Gasteiger partial charge on any atom is -0.493 e. The van der Waals surface area contributed by atoms with Gasteiger partial charge in [-0.25, -0.2) is 13.1 Å². The molecule has 0 saturated heterocycles. The topological polar surface area (TPSA) is 84.5 Å². The van der Waals surface area contributed by atoms with Crippen molar-refractivity contribution < 1.29 is 31.1 Å². The number of benzene rings is 2. The molecule has 1 aliphatic rings. The molecule has 0 bridgehead atoms. The highest BCUT2D eigenvalue weighted by Gasteiger charge is 2.33. The van der Waals surface area contributed by atoms with E-state index in [4.69, 9.17) is 4.74 Å². The smallest absolute Gasteiger partial charge is 0.416 e. The van der Waals surface area contributed by atoms with Crippen molar-refractivity contribution in [2.24, 2.45) is 0 Å².